The van der Waals surface area contributed by atoms with Crippen molar-refractivity contribution in [3.05, 3.63) is 95.1 Å². The van der Waals surface area contributed by atoms with Crippen molar-refractivity contribution in [3.8, 4) is 0 Å². The van der Waals surface area contributed by atoms with Crippen molar-refractivity contribution in [2.24, 2.45) is 5.92 Å². The van der Waals surface area contributed by atoms with Gasteiger partial charge in [0.2, 0.25) is 17.7 Å². The molecule has 0 fully saturated rings. The number of hydrogen-bond donors (Lipinski definition) is 4. The van der Waals surface area contributed by atoms with E-state index in [1.165, 1.54) is 0 Å². The maximum atomic E-state index is 13.7. The molecule has 0 saturated carbocycles. The molecule has 2 bridgehead atoms. The molecule has 47 heavy (non-hydrogen) atoms. The molecule has 2 aliphatic rings. The van der Waals surface area contributed by atoms with Crippen LogP contribution in [-0.4, -0.2) is 69.7 Å². The first kappa shape index (κ1) is 35.2. The highest BCUT2D eigenvalue weighted by Gasteiger charge is 2.29. The molecular formula is C36H47N7O4. The average Bonchev–Trinajstić information content (AvgIpc) is 3.05. The van der Waals surface area contributed by atoms with E-state index in [0.717, 1.165) is 36.1 Å². The van der Waals surface area contributed by atoms with Crippen molar-refractivity contribution in [3.63, 3.8) is 0 Å². The monoisotopic (exact) mass is 641 g/mol. The van der Waals surface area contributed by atoms with Crippen LogP contribution in [0.4, 0.5) is 0 Å². The maximum absolute atomic E-state index is 13.7. The van der Waals surface area contributed by atoms with Gasteiger partial charge >= 0.3 is 0 Å². The number of nitrogens with one attached hydrogen (secondary N) is 4. The summed E-state index contributed by atoms with van der Waals surface area (Å²) < 4.78 is 0. The third-order valence-electron chi connectivity index (χ3n) is 8.06. The smallest absolute Gasteiger partial charge is 0.251 e. The molecule has 2 aromatic carbocycles. The predicted molar refractivity (Wildman–Crippen MR) is 180 cm³/mol. The number of carbonyl (C=O) groups excluding carboxylic acids is 4. The van der Waals surface area contributed by atoms with E-state index in [9.17, 15) is 19.2 Å². The summed E-state index contributed by atoms with van der Waals surface area (Å²) in [5.74, 6) is -0.799. The summed E-state index contributed by atoms with van der Waals surface area (Å²) in [6.07, 6.45) is 5.85. The summed E-state index contributed by atoms with van der Waals surface area (Å²) >= 11 is 0. The number of aromatic nitrogens is 2. The molecule has 0 spiro atoms. The van der Waals surface area contributed by atoms with Crippen LogP contribution in [0.3, 0.4) is 0 Å². The quantitative estimate of drug-likeness (QED) is 0.303. The molecule has 0 aliphatic carbocycles. The molecule has 3 atom stereocenters. The van der Waals surface area contributed by atoms with Crippen molar-refractivity contribution < 1.29 is 19.2 Å². The molecule has 0 radical (unpaired) electrons. The minimum atomic E-state index is -0.936. The van der Waals surface area contributed by atoms with Gasteiger partial charge in [0.05, 0.1) is 0 Å². The first-order valence-electron chi connectivity index (χ1n) is 16.4. The molecular weight excluding hydrogens is 594 g/mol. The molecule has 11 heteroatoms. The molecule has 2 aliphatic heterocycles. The van der Waals surface area contributed by atoms with Crippen LogP contribution in [0.2, 0.25) is 0 Å². The summed E-state index contributed by atoms with van der Waals surface area (Å²) in [6, 6.07) is 14.2. The largest absolute Gasteiger partial charge is 0.354 e. The van der Waals surface area contributed by atoms with Crippen molar-refractivity contribution in [1.29, 1.82) is 0 Å². The zero-order valence-corrected chi connectivity index (χ0v) is 27.8. The van der Waals surface area contributed by atoms with Gasteiger partial charge in [-0.2, -0.15) is 0 Å². The normalized spacial score (nSPS) is 20.9. The predicted octanol–water partition coefficient (Wildman–Crippen LogP) is 3.07. The van der Waals surface area contributed by atoms with Gasteiger partial charge in [-0.1, -0.05) is 56.3 Å². The lowest BCUT2D eigenvalue weighted by atomic mass is 10.0. The minimum absolute atomic E-state index is 0.0865. The zero-order chi connectivity index (χ0) is 33.8. The second kappa shape index (κ2) is 17.3. The van der Waals surface area contributed by atoms with E-state index in [2.05, 4.69) is 36.1 Å². The van der Waals surface area contributed by atoms with Crippen LogP contribution >= 0.6 is 0 Å². The molecule has 3 aromatic rings. The lowest BCUT2D eigenvalue weighted by molar-refractivity contribution is -0.132. The molecule has 0 saturated heterocycles. The number of carbonyl (C=O) groups is 4. The molecule has 5 rings (SSSR count). The topological polar surface area (TPSA) is 145 Å². The summed E-state index contributed by atoms with van der Waals surface area (Å²) in [6.45, 7) is 9.92. The molecule has 4 N–H and O–H groups in total. The Morgan fingerprint density at radius 3 is 2.17 bits per heavy atom. The molecule has 4 amide bonds. The van der Waals surface area contributed by atoms with E-state index in [-0.39, 0.29) is 24.2 Å². The Hall–Kier alpha value is -4.64. The molecule has 3 heterocycles. The number of aryl methyl sites for hydroxylation is 1. The highest BCUT2D eigenvalue weighted by atomic mass is 16.2. The van der Waals surface area contributed by atoms with Crippen LogP contribution in [0.5, 0.6) is 0 Å². The van der Waals surface area contributed by atoms with Gasteiger partial charge in [0.1, 0.15) is 23.9 Å². The Labute approximate surface area is 277 Å². The third kappa shape index (κ3) is 11.3. The van der Waals surface area contributed by atoms with E-state index >= 15 is 0 Å². The fourth-order valence-electron chi connectivity index (χ4n) is 5.47. The van der Waals surface area contributed by atoms with Crippen LogP contribution in [0.25, 0.3) is 0 Å². The van der Waals surface area contributed by atoms with Gasteiger partial charge in [0.25, 0.3) is 5.91 Å². The molecule has 0 unspecified atom stereocenters. The number of fused-ring (bicyclic) bond motifs is 18. The highest BCUT2D eigenvalue weighted by Crippen LogP contribution is 2.14. The summed E-state index contributed by atoms with van der Waals surface area (Å²) in [7, 11) is 0. The van der Waals surface area contributed by atoms with E-state index < -0.39 is 29.9 Å². The van der Waals surface area contributed by atoms with E-state index in [1.54, 1.807) is 19.1 Å². The number of amides is 4. The van der Waals surface area contributed by atoms with Gasteiger partial charge in [-0.15, -0.1) is 0 Å². The van der Waals surface area contributed by atoms with Crippen LogP contribution in [0.15, 0.2) is 67.0 Å². The van der Waals surface area contributed by atoms with Gasteiger partial charge in [-0.05, 0) is 68.8 Å². The number of benzene rings is 2. The van der Waals surface area contributed by atoms with Crippen LogP contribution in [0, 0.1) is 12.8 Å². The Kier molecular flexibility index (Phi) is 13.0. The lowest BCUT2D eigenvalue weighted by Crippen LogP contribution is -2.57. The van der Waals surface area contributed by atoms with Crippen LogP contribution < -0.4 is 21.3 Å². The van der Waals surface area contributed by atoms with Crippen molar-refractivity contribution in [2.45, 2.75) is 84.6 Å². The van der Waals surface area contributed by atoms with E-state index in [0.29, 0.717) is 37.4 Å². The number of nitrogens with zero attached hydrogens (tertiary/aromatic N) is 3. The van der Waals surface area contributed by atoms with E-state index in [1.807, 2.05) is 75.6 Å². The highest BCUT2D eigenvalue weighted by molar-refractivity contribution is 5.98. The fourth-order valence-corrected chi connectivity index (χ4v) is 5.47. The first-order chi connectivity index (χ1) is 22.6. The molecule has 11 nitrogen and oxygen atoms in total. The van der Waals surface area contributed by atoms with Crippen LogP contribution in [0.1, 0.15) is 72.9 Å². The minimum Gasteiger partial charge on any atom is -0.354 e. The standard InChI is InChI=1S/C36H47N7O4/c1-24(2)18-31-35(46)40-25(3)33(44)37-16-8-9-17-43(23-29-20-38-26(4)39-21-29)22-28-12-14-30(15-13-28)34(45)41-32(36(47)42-31)19-27-10-6-5-7-11-27/h5-7,10-15,20-21,24-25,31-32H,8-9,16-19,22-23H2,1-4H3,(H,37,44)(H,40,46)(H,41,45)(H,42,47)/t25-,31+,32-/m1/s1. The third-order valence-corrected chi connectivity index (χ3v) is 8.06. The van der Waals surface area contributed by atoms with Crippen molar-refractivity contribution in [2.75, 3.05) is 13.1 Å². The van der Waals surface area contributed by atoms with Gasteiger partial charge in [0.15, 0.2) is 0 Å². The Morgan fingerprint density at radius 1 is 0.809 bits per heavy atom. The lowest BCUT2D eigenvalue weighted by Gasteiger charge is -2.25. The fraction of sp³-hybridized carbons (Fsp3) is 0.444. The Bertz CT molecular complexity index is 1480. The summed E-state index contributed by atoms with van der Waals surface area (Å²) in [5.41, 5.74) is 3.32. The second-order valence-electron chi connectivity index (χ2n) is 12.7. The number of hydrogen-bond acceptors (Lipinski definition) is 7. The Morgan fingerprint density at radius 2 is 1.49 bits per heavy atom. The van der Waals surface area contributed by atoms with Gasteiger partial charge in [-0.3, -0.25) is 24.1 Å². The van der Waals surface area contributed by atoms with Crippen molar-refractivity contribution >= 4 is 23.6 Å². The molecule has 250 valence electrons. The second-order valence-corrected chi connectivity index (χ2v) is 12.7. The van der Waals surface area contributed by atoms with Gasteiger partial charge in [0, 0.05) is 49.6 Å². The zero-order valence-electron chi connectivity index (χ0n) is 27.8. The Balaban J connectivity index is 1.59. The van der Waals surface area contributed by atoms with Crippen LogP contribution in [-0.2, 0) is 33.9 Å². The molecule has 1 aromatic heterocycles. The van der Waals surface area contributed by atoms with E-state index in [4.69, 9.17) is 0 Å². The average molecular weight is 642 g/mol. The SMILES string of the molecule is Cc1ncc(CN2CCCCNC(=O)[C@@H](C)NC(=O)[C@H](CC(C)C)NC(=O)[C@@H](Cc3ccccc3)NC(=O)c3ccc(cc3)C2)cn1. The number of rotatable bonds is 6. The summed E-state index contributed by atoms with van der Waals surface area (Å²) in [4.78, 5) is 64.4. The van der Waals surface area contributed by atoms with Gasteiger partial charge in [-0.25, -0.2) is 9.97 Å². The summed E-state index contributed by atoms with van der Waals surface area (Å²) in [5, 5.41) is 11.5. The maximum Gasteiger partial charge on any atom is 0.251 e. The van der Waals surface area contributed by atoms with Crippen molar-refractivity contribution in [1.82, 2.24) is 36.1 Å². The first-order valence-corrected chi connectivity index (χ1v) is 16.4. The van der Waals surface area contributed by atoms with Gasteiger partial charge < -0.3 is 21.3 Å².